The molecule has 2 atom stereocenters. The number of likely N-dealkylation sites (N-methyl/N-ethyl adjacent to an activating group) is 1. The Balaban J connectivity index is 0.804. The molecule has 5 aliphatic heterocycles. The minimum atomic E-state index is -0.809. The molecule has 2 N–H and O–H groups in total. The molecule has 0 saturated carbocycles. The summed E-state index contributed by atoms with van der Waals surface area (Å²) in [5.74, 6) is 0.548. The maximum absolute atomic E-state index is 14.9. The first-order valence-electron chi connectivity index (χ1n) is 22.2. The second-order valence-corrected chi connectivity index (χ2v) is 18.3. The maximum Gasteiger partial charge on any atom is 0.235 e. The van der Waals surface area contributed by atoms with Crippen LogP contribution in [0.5, 0.6) is 5.75 Å². The van der Waals surface area contributed by atoms with Crippen molar-refractivity contribution in [1.82, 2.24) is 30.5 Å². The summed E-state index contributed by atoms with van der Waals surface area (Å²) in [5.41, 5.74) is 4.05. The number of imide groups is 1. The number of hydrogen-bond donors (Lipinski definition) is 2. The predicted molar refractivity (Wildman–Crippen MR) is 230 cm³/mol. The molecule has 0 unspecified atom stereocenters. The lowest BCUT2D eigenvalue weighted by atomic mass is 9.73. The van der Waals surface area contributed by atoms with Gasteiger partial charge in [-0.05, 0) is 87.3 Å². The molecule has 322 valence electrons. The minimum absolute atomic E-state index is 0.109. The zero-order valence-electron chi connectivity index (χ0n) is 35.6. The van der Waals surface area contributed by atoms with E-state index in [9.17, 15) is 19.5 Å². The summed E-state index contributed by atoms with van der Waals surface area (Å²) in [5, 5.41) is 26.1. The molecule has 9 rings (SSSR count). The summed E-state index contributed by atoms with van der Waals surface area (Å²) in [6, 6.07) is 19.9. The number of phenols is 1. The average Bonchev–Trinajstić information content (AvgIpc) is 3.96. The summed E-state index contributed by atoms with van der Waals surface area (Å²) >= 11 is 0. The third-order valence-electron chi connectivity index (χ3n) is 14.4. The number of hydrogen-bond acceptors (Lipinski definition) is 12. The molecule has 7 heterocycles. The van der Waals surface area contributed by atoms with Gasteiger partial charge in [0.2, 0.25) is 17.7 Å². The number of carbonyl (C=O) groups is 3. The van der Waals surface area contributed by atoms with E-state index in [-0.39, 0.29) is 46.9 Å². The Kier molecular flexibility index (Phi) is 11.3. The second-order valence-electron chi connectivity index (χ2n) is 18.3. The van der Waals surface area contributed by atoms with Gasteiger partial charge in [-0.3, -0.25) is 24.6 Å². The number of nitrogens with zero attached hydrogens (tertiary/aromatic N) is 7. The molecule has 14 heteroatoms. The van der Waals surface area contributed by atoms with E-state index in [0.717, 1.165) is 93.3 Å². The second kappa shape index (κ2) is 16.8. The molecule has 0 bridgehead atoms. The van der Waals surface area contributed by atoms with Crippen molar-refractivity contribution in [1.29, 1.82) is 0 Å². The summed E-state index contributed by atoms with van der Waals surface area (Å²) in [7, 11) is 1.98. The maximum atomic E-state index is 14.9. The highest BCUT2D eigenvalue weighted by molar-refractivity contribution is 6.01. The van der Waals surface area contributed by atoms with Crippen molar-refractivity contribution in [3.05, 3.63) is 83.9 Å². The zero-order chi connectivity index (χ0) is 42.3. The van der Waals surface area contributed by atoms with Crippen molar-refractivity contribution < 1.29 is 28.8 Å². The van der Waals surface area contributed by atoms with Crippen LogP contribution in [0.15, 0.2) is 71.4 Å². The predicted octanol–water partition coefficient (Wildman–Crippen LogP) is 5.77. The van der Waals surface area contributed by atoms with Gasteiger partial charge in [0.1, 0.15) is 11.5 Å². The fourth-order valence-corrected chi connectivity index (χ4v) is 10.5. The molecule has 5 saturated heterocycles. The van der Waals surface area contributed by atoms with Crippen molar-refractivity contribution in [2.45, 2.75) is 107 Å². The number of benzene rings is 2. The molecule has 1 spiro atoms. The van der Waals surface area contributed by atoms with E-state index in [1.165, 1.54) is 0 Å². The fraction of sp³-hybridized carbons (Fsp3) is 0.532. The lowest BCUT2D eigenvalue weighted by Crippen LogP contribution is -2.56. The molecule has 4 aromatic rings. The van der Waals surface area contributed by atoms with Gasteiger partial charge < -0.3 is 29.1 Å². The summed E-state index contributed by atoms with van der Waals surface area (Å²) in [6.45, 7) is 9.84. The molecule has 14 nitrogen and oxygen atoms in total. The molecule has 5 fully saturated rings. The lowest BCUT2D eigenvalue weighted by Gasteiger charge is -2.45. The number of ether oxygens (including phenoxy) is 1. The van der Waals surface area contributed by atoms with Gasteiger partial charge in [-0.25, -0.2) is 0 Å². The molecule has 0 radical (unpaired) electrons. The highest BCUT2D eigenvalue weighted by Gasteiger charge is 2.49. The monoisotopic (exact) mass is 830 g/mol. The van der Waals surface area contributed by atoms with Gasteiger partial charge in [0, 0.05) is 88.1 Å². The van der Waals surface area contributed by atoms with Crippen molar-refractivity contribution >= 4 is 29.1 Å². The molecule has 0 aliphatic carbocycles. The summed E-state index contributed by atoms with van der Waals surface area (Å²) in [6.07, 6.45) is 8.64. The number of phenolic OH excluding ortho intramolecular Hbond substituents is 1. The van der Waals surface area contributed by atoms with Gasteiger partial charge in [0.15, 0.2) is 0 Å². The normalized spacial score (nSPS) is 23.4. The van der Waals surface area contributed by atoms with E-state index in [1.807, 2.05) is 48.3 Å². The van der Waals surface area contributed by atoms with Crippen molar-refractivity contribution in [3.63, 3.8) is 0 Å². The Labute approximate surface area is 357 Å². The largest absolute Gasteiger partial charge is 0.507 e. The molecule has 5 aliphatic rings. The fourth-order valence-electron chi connectivity index (χ4n) is 10.5. The SMILES string of the molecule is CC(C)c1cc(C2(C(=O)N(C)C3CCN([C@@H]4COC5(CCN(c6ccc([C@H]7CCC(=O)NC7=O)cc6)CC5)C4)CC3)CCN(c3cnnc(-c4ccccc4O)c3)CC2)no1. The van der Waals surface area contributed by atoms with E-state index in [0.29, 0.717) is 56.1 Å². The lowest BCUT2D eigenvalue weighted by molar-refractivity contribution is -0.140. The molecule has 61 heavy (non-hydrogen) atoms. The van der Waals surface area contributed by atoms with Crippen LogP contribution in [0.3, 0.4) is 0 Å². The number of anilines is 2. The van der Waals surface area contributed by atoms with Gasteiger partial charge in [0.05, 0.1) is 46.8 Å². The Hall–Kier alpha value is -5.34. The first kappa shape index (κ1) is 41.0. The molecular formula is C47H58N8O6. The van der Waals surface area contributed by atoms with Gasteiger partial charge in [-0.1, -0.05) is 43.3 Å². The number of para-hydroxylation sites is 1. The van der Waals surface area contributed by atoms with Crippen molar-refractivity contribution in [3.8, 4) is 17.0 Å². The standard InChI is InChI=1S/C47H58N8O6/c1-31(2)41-27-42(51-61-41)47(18-24-55(25-19-47)35-26-39(50-48-29-35)38-6-4-5-7-40(38)56)45(59)52(3)33-14-20-53(21-15-33)36-28-46(60-30-36)16-22-54(23-17-46)34-10-8-32(9-11-34)37-12-13-43(57)49-44(37)58/h4-11,26-27,29,31,33,36-37,56H,12-25,28,30H2,1-3H3,(H,49,57,58)/t36-,37+/m0/s1. The first-order chi connectivity index (χ1) is 29.5. The molecular weight excluding hydrogens is 773 g/mol. The Morgan fingerprint density at radius 2 is 1.61 bits per heavy atom. The van der Waals surface area contributed by atoms with Gasteiger partial charge in [-0.15, -0.1) is 0 Å². The first-order valence-corrected chi connectivity index (χ1v) is 22.2. The van der Waals surface area contributed by atoms with Crippen LogP contribution in [0.4, 0.5) is 11.4 Å². The third kappa shape index (κ3) is 8.12. The average molecular weight is 831 g/mol. The Bertz CT molecular complexity index is 2220. The molecule has 2 aromatic carbocycles. The number of nitrogens with one attached hydrogen (secondary N) is 1. The van der Waals surface area contributed by atoms with Crippen LogP contribution < -0.4 is 15.1 Å². The number of amides is 3. The Morgan fingerprint density at radius 3 is 2.30 bits per heavy atom. The van der Waals surface area contributed by atoms with Crippen LogP contribution >= 0.6 is 0 Å². The van der Waals surface area contributed by atoms with E-state index < -0.39 is 5.41 Å². The quantitative estimate of drug-likeness (QED) is 0.197. The van der Waals surface area contributed by atoms with Crippen LogP contribution in [-0.2, 0) is 24.5 Å². The molecule has 3 amide bonds. The van der Waals surface area contributed by atoms with Crippen molar-refractivity contribution in [2.75, 3.05) is 62.7 Å². The van der Waals surface area contributed by atoms with Crippen molar-refractivity contribution in [2.24, 2.45) is 0 Å². The van der Waals surface area contributed by atoms with Crippen LogP contribution in [0, 0.1) is 0 Å². The van der Waals surface area contributed by atoms with Crippen LogP contribution in [-0.4, -0.2) is 119 Å². The topological polar surface area (TPSA) is 157 Å². The Morgan fingerprint density at radius 1 is 0.902 bits per heavy atom. The number of aromatic nitrogens is 3. The highest BCUT2D eigenvalue weighted by Crippen LogP contribution is 2.42. The van der Waals surface area contributed by atoms with Gasteiger partial charge in [0.25, 0.3) is 0 Å². The number of piperidine rings is 4. The van der Waals surface area contributed by atoms with Gasteiger partial charge in [-0.2, -0.15) is 10.2 Å². The number of rotatable bonds is 9. The van der Waals surface area contributed by atoms with E-state index in [2.05, 4.69) is 61.4 Å². The van der Waals surface area contributed by atoms with E-state index in [1.54, 1.807) is 18.3 Å². The summed E-state index contributed by atoms with van der Waals surface area (Å²) in [4.78, 5) is 48.2. The van der Waals surface area contributed by atoms with Crippen LogP contribution in [0.1, 0.15) is 100 Å². The van der Waals surface area contributed by atoms with Gasteiger partial charge >= 0.3 is 0 Å². The smallest absolute Gasteiger partial charge is 0.235 e. The summed E-state index contributed by atoms with van der Waals surface area (Å²) < 4.78 is 12.5. The third-order valence-corrected chi connectivity index (χ3v) is 14.4. The number of likely N-dealkylation sites (tertiary alicyclic amines) is 1. The van der Waals surface area contributed by atoms with Crippen LogP contribution in [0.2, 0.25) is 0 Å². The minimum Gasteiger partial charge on any atom is -0.507 e. The zero-order valence-corrected chi connectivity index (χ0v) is 35.6. The van der Waals surface area contributed by atoms with Crippen LogP contribution in [0.25, 0.3) is 11.3 Å². The van der Waals surface area contributed by atoms with E-state index >= 15 is 0 Å². The van der Waals surface area contributed by atoms with E-state index in [4.69, 9.17) is 9.26 Å². The number of aromatic hydroxyl groups is 1. The highest BCUT2D eigenvalue weighted by atomic mass is 16.5. The number of carbonyl (C=O) groups excluding carboxylic acids is 3. The molecule has 2 aromatic heterocycles.